The van der Waals surface area contributed by atoms with E-state index in [0.29, 0.717) is 11.4 Å². The molecule has 0 aliphatic carbocycles. The number of rotatable bonds is 2. The van der Waals surface area contributed by atoms with Gasteiger partial charge in [0.1, 0.15) is 5.82 Å². The normalized spacial score (nSPS) is 18.9. The molecule has 0 radical (unpaired) electrons. The van der Waals surface area contributed by atoms with Crippen LogP contribution in [0.3, 0.4) is 0 Å². The van der Waals surface area contributed by atoms with Crippen molar-refractivity contribution in [2.75, 3.05) is 11.1 Å². The van der Waals surface area contributed by atoms with Crippen molar-refractivity contribution in [3.63, 3.8) is 0 Å². The van der Waals surface area contributed by atoms with Crippen LogP contribution in [0.25, 0.3) is 0 Å². The van der Waals surface area contributed by atoms with E-state index in [-0.39, 0.29) is 16.2 Å². The van der Waals surface area contributed by atoms with E-state index in [0.717, 1.165) is 0 Å². The van der Waals surface area contributed by atoms with Gasteiger partial charge in [0.25, 0.3) is 0 Å². The molecule has 1 atom stereocenters. The Bertz CT molecular complexity index is 881. The number of sulfone groups is 1. The lowest BCUT2D eigenvalue weighted by Gasteiger charge is -2.22. The molecule has 0 saturated carbocycles. The maximum absolute atomic E-state index is 12.3. The number of anilines is 1. The summed E-state index contributed by atoms with van der Waals surface area (Å²) < 4.78 is 26.0. The van der Waals surface area contributed by atoms with Gasteiger partial charge in [0.2, 0.25) is 0 Å². The molecule has 0 bridgehead atoms. The molecule has 8 heteroatoms. The van der Waals surface area contributed by atoms with E-state index in [1.165, 1.54) is 0 Å². The molecule has 7 nitrogen and oxygen atoms in total. The molecule has 1 unspecified atom stereocenters. The van der Waals surface area contributed by atoms with Crippen LogP contribution in [0.2, 0.25) is 0 Å². The number of amides is 2. The molecule has 2 N–H and O–H groups in total. The highest BCUT2D eigenvalue weighted by Crippen LogP contribution is 2.33. The average molecular weight is 348 g/mol. The highest BCUT2D eigenvalue weighted by Gasteiger charge is 2.35. The Hall–Kier alpha value is -2.35. The fraction of sp³-hybridized carbons (Fsp3) is 0.375. The molecule has 3 rings (SSSR count). The number of fused-ring (bicyclic) bond motifs is 1. The fourth-order valence-corrected chi connectivity index (χ4v) is 4.55. The Morgan fingerprint density at radius 1 is 1.25 bits per heavy atom. The topological polar surface area (TPSA) is 93.1 Å². The number of nitrogens with one attached hydrogen (secondary N) is 2. The summed E-state index contributed by atoms with van der Waals surface area (Å²) in [5, 5.41) is 9.68. The quantitative estimate of drug-likeness (QED) is 0.871. The molecule has 2 aromatic rings. The van der Waals surface area contributed by atoms with Gasteiger partial charge in [-0.25, -0.2) is 17.9 Å². The number of urea groups is 1. The van der Waals surface area contributed by atoms with Crippen molar-refractivity contribution in [1.29, 1.82) is 0 Å². The first-order chi connectivity index (χ1) is 11.2. The summed E-state index contributed by atoms with van der Waals surface area (Å²) in [7, 11) is -3.35. The molecule has 1 aliphatic rings. The van der Waals surface area contributed by atoms with Crippen LogP contribution < -0.4 is 10.6 Å². The van der Waals surface area contributed by atoms with Crippen molar-refractivity contribution < 1.29 is 13.2 Å². The van der Waals surface area contributed by atoms with Gasteiger partial charge in [-0.3, -0.25) is 5.32 Å². The van der Waals surface area contributed by atoms with Crippen molar-refractivity contribution in [2.45, 2.75) is 37.2 Å². The number of hydrogen-bond donors (Lipinski definition) is 2. The van der Waals surface area contributed by atoms with Crippen molar-refractivity contribution >= 4 is 21.7 Å². The lowest BCUT2D eigenvalue weighted by molar-refractivity contribution is 0.249. The molecule has 1 aliphatic heterocycles. The number of hydrogen-bond acceptors (Lipinski definition) is 4. The van der Waals surface area contributed by atoms with E-state index in [1.54, 1.807) is 41.2 Å². The fourth-order valence-electron chi connectivity index (χ4n) is 2.81. The van der Waals surface area contributed by atoms with Crippen molar-refractivity contribution in [3.8, 4) is 0 Å². The molecule has 1 aromatic carbocycles. The van der Waals surface area contributed by atoms with Crippen LogP contribution >= 0.6 is 0 Å². The zero-order valence-corrected chi connectivity index (χ0v) is 14.6. The van der Waals surface area contributed by atoms with Crippen LogP contribution in [0, 0.1) is 0 Å². The Morgan fingerprint density at radius 3 is 2.67 bits per heavy atom. The second-order valence-electron chi connectivity index (χ2n) is 6.77. The summed E-state index contributed by atoms with van der Waals surface area (Å²) >= 11 is 0. The highest BCUT2D eigenvalue weighted by atomic mass is 32.2. The summed E-state index contributed by atoms with van der Waals surface area (Å²) in [4.78, 5) is 12.6. The van der Waals surface area contributed by atoms with Gasteiger partial charge in [-0.1, -0.05) is 18.2 Å². The van der Waals surface area contributed by atoms with Gasteiger partial charge in [0, 0.05) is 6.07 Å². The Kier molecular flexibility index (Phi) is 3.87. The first kappa shape index (κ1) is 16.5. The molecule has 2 heterocycles. The summed E-state index contributed by atoms with van der Waals surface area (Å²) in [6.45, 7) is 5.93. The van der Waals surface area contributed by atoms with Crippen LogP contribution in [0.15, 0.2) is 41.4 Å². The summed E-state index contributed by atoms with van der Waals surface area (Å²) in [6, 6.07) is 7.42. The van der Waals surface area contributed by atoms with Crippen molar-refractivity contribution in [3.05, 3.63) is 42.1 Å². The second-order valence-corrected chi connectivity index (χ2v) is 8.77. The van der Waals surface area contributed by atoms with Crippen LogP contribution in [-0.2, 0) is 15.4 Å². The van der Waals surface area contributed by atoms with Crippen LogP contribution in [0.1, 0.15) is 32.4 Å². The minimum Gasteiger partial charge on any atom is -0.330 e. The highest BCUT2D eigenvalue weighted by molar-refractivity contribution is 7.91. The largest absolute Gasteiger partial charge is 0.330 e. The van der Waals surface area contributed by atoms with Crippen LogP contribution in [0.5, 0.6) is 0 Å². The Labute approximate surface area is 141 Å². The maximum Gasteiger partial charge on any atom is 0.320 e. The van der Waals surface area contributed by atoms with Gasteiger partial charge in [0.15, 0.2) is 9.84 Å². The van der Waals surface area contributed by atoms with E-state index in [9.17, 15) is 13.2 Å². The third-order valence-corrected chi connectivity index (χ3v) is 5.65. The van der Waals surface area contributed by atoms with E-state index in [1.807, 2.05) is 20.8 Å². The predicted molar refractivity (Wildman–Crippen MR) is 90.6 cm³/mol. The van der Waals surface area contributed by atoms with Gasteiger partial charge in [-0.2, -0.15) is 5.10 Å². The number of nitrogens with zero attached hydrogens (tertiary/aromatic N) is 2. The van der Waals surface area contributed by atoms with Gasteiger partial charge in [-0.05, 0) is 32.4 Å². The lowest BCUT2D eigenvalue weighted by Crippen LogP contribution is -2.35. The number of carbonyl (C=O) groups is 1. The first-order valence-corrected chi connectivity index (χ1v) is 9.27. The van der Waals surface area contributed by atoms with Gasteiger partial charge in [0.05, 0.1) is 28.4 Å². The zero-order chi connectivity index (χ0) is 17.5. The average Bonchev–Trinajstić information content (AvgIpc) is 3.03. The molecular formula is C16H20N4O3S. The Morgan fingerprint density at radius 2 is 1.96 bits per heavy atom. The van der Waals surface area contributed by atoms with Crippen LogP contribution in [0.4, 0.5) is 10.6 Å². The molecule has 1 aromatic heterocycles. The minimum absolute atomic E-state index is 0.127. The van der Waals surface area contributed by atoms with E-state index < -0.39 is 21.9 Å². The van der Waals surface area contributed by atoms with Gasteiger partial charge < -0.3 is 5.32 Å². The molecule has 0 fully saturated rings. The van der Waals surface area contributed by atoms with Gasteiger partial charge in [-0.15, -0.1) is 0 Å². The molecule has 24 heavy (non-hydrogen) atoms. The molecule has 0 saturated heterocycles. The first-order valence-electron chi connectivity index (χ1n) is 7.62. The third kappa shape index (κ3) is 3.01. The van der Waals surface area contributed by atoms with E-state index >= 15 is 0 Å². The van der Waals surface area contributed by atoms with Crippen LogP contribution in [-0.4, -0.2) is 30.0 Å². The van der Waals surface area contributed by atoms with E-state index in [2.05, 4.69) is 15.7 Å². The van der Waals surface area contributed by atoms with Crippen molar-refractivity contribution in [2.24, 2.45) is 0 Å². The monoisotopic (exact) mass is 348 g/mol. The SMILES string of the molecule is CC(C)(C)n1nccc1NC(=O)NC1CS(=O)(=O)c2ccccc21. The standard InChI is InChI=1S/C16H20N4O3S/c1-16(2,3)20-14(8-9-17-20)19-15(21)18-12-10-24(22,23)13-7-5-4-6-11(12)13/h4-9,12H,10H2,1-3H3,(H2,18,19,21). The van der Waals surface area contributed by atoms with Gasteiger partial charge >= 0.3 is 6.03 Å². The minimum atomic E-state index is -3.35. The Balaban J connectivity index is 1.77. The number of benzene rings is 1. The molecular weight excluding hydrogens is 328 g/mol. The smallest absolute Gasteiger partial charge is 0.320 e. The summed E-state index contributed by atoms with van der Waals surface area (Å²) in [5.74, 6) is 0.423. The maximum atomic E-state index is 12.3. The zero-order valence-electron chi connectivity index (χ0n) is 13.8. The summed E-state index contributed by atoms with van der Waals surface area (Å²) in [5.41, 5.74) is 0.340. The van der Waals surface area contributed by atoms with E-state index in [4.69, 9.17) is 0 Å². The second kappa shape index (κ2) is 5.62. The van der Waals surface area contributed by atoms with Crippen molar-refractivity contribution in [1.82, 2.24) is 15.1 Å². The number of aromatic nitrogens is 2. The predicted octanol–water partition coefficient (Wildman–Crippen LogP) is 2.29. The third-order valence-electron chi connectivity index (χ3n) is 3.84. The molecule has 0 spiro atoms. The molecule has 128 valence electrons. The molecule has 2 amide bonds. The summed E-state index contributed by atoms with van der Waals surface area (Å²) in [6.07, 6.45) is 1.61. The lowest BCUT2D eigenvalue weighted by atomic mass is 10.1. The number of carbonyl (C=O) groups excluding carboxylic acids is 1.